The highest BCUT2D eigenvalue weighted by Crippen LogP contribution is 2.16. The lowest BCUT2D eigenvalue weighted by Gasteiger charge is -2.14. The van der Waals surface area contributed by atoms with E-state index in [-0.39, 0.29) is 24.1 Å². The van der Waals surface area contributed by atoms with Crippen LogP contribution in [-0.4, -0.2) is 17.7 Å². The van der Waals surface area contributed by atoms with Gasteiger partial charge in [-0.05, 0) is 66.1 Å². The molecule has 6 nitrogen and oxygen atoms in total. The van der Waals surface area contributed by atoms with Gasteiger partial charge in [0.15, 0.2) is 0 Å². The summed E-state index contributed by atoms with van der Waals surface area (Å²) < 4.78 is 0. The van der Waals surface area contributed by atoms with Crippen molar-refractivity contribution in [1.82, 2.24) is 10.6 Å². The lowest BCUT2D eigenvalue weighted by Crippen LogP contribution is -2.30. The van der Waals surface area contributed by atoms with Crippen molar-refractivity contribution in [2.75, 3.05) is 5.32 Å². The van der Waals surface area contributed by atoms with Gasteiger partial charge in [0.2, 0.25) is 5.91 Å². The number of benzene rings is 4. The van der Waals surface area contributed by atoms with Gasteiger partial charge in [0.25, 0.3) is 11.8 Å². The van der Waals surface area contributed by atoms with E-state index in [2.05, 4.69) is 16.0 Å². The second-order valence-corrected chi connectivity index (χ2v) is 9.39. The quantitative estimate of drug-likeness (QED) is 0.223. The van der Waals surface area contributed by atoms with Crippen LogP contribution in [0.15, 0.2) is 115 Å². The summed E-state index contributed by atoms with van der Waals surface area (Å²) >= 11 is 5.98. The summed E-state index contributed by atoms with van der Waals surface area (Å²) in [6, 6.07) is 32.2. The first-order chi connectivity index (χ1) is 18.9. The summed E-state index contributed by atoms with van der Waals surface area (Å²) in [5, 5.41) is 9.09. The Hall–Kier alpha value is -4.68. The van der Waals surface area contributed by atoms with Crippen LogP contribution in [0.4, 0.5) is 5.69 Å². The maximum Gasteiger partial charge on any atom is 0.272 e. The van der Waals surface area contributed by atoms with E-state index in [0.29, 0.717) is 21.8 Å². The molecule has 1 unspecified atom stereocenters. The highest BCUT2D eigenvalue weighted by molar-refractivity contribution is 6.30. The number of nitrogens with one attached hydrogen (secondary N) is 3. The summed E-state index contributed by atoms with van der Waals surface area (Å²) in [7, 11) is 0. The maximum absolute atomic E-state index is 13.2. The van der Waals surface area contributed by atoms with Crippen LogP contribution in [0.3, 0.4) is 0 Å². The standard InChI is InChI=1S/C32H28ClN3O3/c1-22(25-8-4-2-5-9-25)34-30(37)21-24-14-18-28(19-15-24)35-32(39)29(20-23-12-16-27(33)17-13-23)36-31(38)26-10-6-3-7-11-26/h2-20,22H,21H2,1H3,(H,34,37)(H,35,39)(H,36,38)/b29-20-. The zero-order valence-electron chi connectivity index (χ0n) is 21.4. The number of hydrogen-bond acceptors (Lipinski definition) is 3. The summed E-state index contributed by atoms with van der Waals surface area (Å²) in [5.41, 5.74) is 3.56. The topological polar surface area (TPSA) is 87.3 Å². The normalized spacial score (nSPS) is 11.8. The Morgan fingerprint density at radius 2 is 1.41 bits per heavy atom. The third-order valence-corrected chi connectivity index (χ3v) is 6.22. The molecule has 0 saturated heterocycles. The van der Waals surface area contributed by atoms with Crippen molar-refractivity contribution >= 4 is 41.1 Å². The fourth-order valence-electron chi connectivity index (χ4n) is 3.88. The number of halogens is 1. The van der Waals surface area contributed by atoms with E-state index in [9.17, 15) is 14.4 Å². The molecule has 3 amide bonds. The zero-order chi connectivity index (χ0) is 27.6. The molecule has 0 radical (unpaired) electrons. The van der Waals surface area contributed by atoms with Gasteiger partial charge in [0.1, 0.15) is 5.70 Å². The Morgan fingerprint density at radius 3 is 2.05 bits per heavy atom. The minimum atomic E-state index is -0.489. The second-order valence-electron chi connectivity index (χ2n) is 8.96. The Balaban J connectivity index is 1.42. The molecule has 0 heterocycles. The predicted molar refractivity (Wildman–Crippen MR) is 155 cm³/mol. The van der Waals surface area contributed by atoms with Crippen LogP contribution >= 0.6 is 11.6 Å². The van der Waals surface area contributed by atoms with E-state index in [1.54, 1.807) is 78.9 Å². The monoisotopic (exact) mass is 537 g/mol. The van der Waals surface area contributed by atoms with Gasteiger partial charge in [-0.1, -0.05) is 84.4 Å². The minimum Gasteiger partial charge on any atom is -0.349 e. The Labute approximate surface area is 232 Å². The van der Waals surface area contributed by atoms with Crippen molar-refractivity contribution in [2.24, 2.45) is 0 Å². The van der Waals surface area contributed by atoms with Crippen LogP contribution in [0.2, 0.25) is 5.02 Å². The highest BCUT2D eigenvalue weighted by atomic mass is 35.5. The first-order valence-electron chi connectivity index (χ1n) is 12.5. The maximum atomic E-state index is 13.2. The number of hydrogen-bond donors (Lipinski definition) is 3. The molecule has 0 spiro atoms. The fourth-order valence-corrected chi connectivity index (χ4v) is 4.00. The molecule has 0 aliphatic rings. The largest absolute Gasteiger partial charge is 0.349 e. The number of rotatable bonds is 9. The lowest BCUT2D eigenvalue weighted by molar-refractivity contribution is -0.121. The number of anilines is 1. The fraction of sp³-hybridized carbons (Fsp3) is 0.0938. The average Bonchev–Trinajstić information content (AvgIpc) is 2.95. The van der Waals surface area contributed by atoms with Gasteiger partial charge >= 0.3 is 0 Å². The molecule has 196 valence electrons. The highest BCUT2D eigenvalue weighted by Gasteiger charge is 2.16. The predicted octanol–water partition coefficient (Wildman–Crippen LogP) is 6.17. The van der Waals surface area contributed by atoms with Crippen molar-refractivity contribution < 1.29 is 14.4 Å². The first-order valence-corrected chi connectivity index (χ1v) is 12.8. The van der Waals surface area contributed by atoms with Gasteiger partial charge in [0.05, 0.1) is 12.5 Å². The van der Waals surface area contributed by atoms with E-state index < -0.39 is 11.8 Å². The Morgan fingerprint density at radius 1 is 0.795 bits per heavy atom. The Kier molecular flexibility index (Phi) is 9.27. The van der Waals surface area contributed by atoms with Gasteiger partial charge in [-0.3, -0.25) is 14.4 Å². The average molecular weight is 538 g/mol. The SMILES string of the molecule is CC(NC(=O)Cc1ccc(NC(=O)/C(=C/c2ccc(Cl)cc2)NC(=O)c2ccccc2)cc1)c1ccccc1. The van der Waals surface area contributed by atoms with Gasteiger partial charge in [0, 0.05) is 16.3 Å². The lowest BCUT2D eigenvalue weighted by atomic mass is 10.1. The zero-order valence-corrected chi connectivity index (χ0v) is 22.1. The molecule has 0 bridgehead atoms. The van der Waals surface area contributed by atoms with Crippen LogP contribution in [0, 0.1) is 0 Å². The molecule has 0 saturated carbocycles. The van der Waals surface area contributed by atoms with Gasteiger partial charge in [-0.15, -0.1) is 0 Å². The molecule has 4 aromatic rings. The summed E-state index contributed by atoms with van der Waals surface area (Å²) in [6.45, 7) is 1.94. The third-order valence-electron chi connectivity index (χ3n) is 5.96. The summed E-state index contributed by atoms with van der Waals surface area (Å²) in [5.74, 6) is -0.992. The summed E-state index contributed by atoms with van der Waals surface area (Å²) in [4.78, 5) is 38.5. The summed E-state index contributed by atoms with van der Waals surface area (Å²) in [6.07, 6.45) is 1.79. The van der Waals surface area contributed by atoms with Crippen molar-refractivity contribution in [3.05, 3.63) is 142 Å². The van der Waals surface area contributed by atoms with E-state index in [1.807, 2.05) is 43.3 Å². The van der Waals surface area contributed by atoms with Gasteiger partial charge < -0.3 is 16.0 Å². The molecule has 3 N–H and O–H groups in total. The number of carbonyl (C=O) groups is 3. The Bertz CT molecular complexity index is 1450. The first kappa shape index (κ1) is 27.4. The molecule has 4 aromatic carbocycles. The van der Waals surface area contributed by atoms with E-state index >= 15 is 0 Å². The van der Waals surface area contributed by atoms with Crippen molar-refractivity contribution in [1.29, 1.82) is 0 Å². The number of carbonyl (C=O) groups excluding carboxylic acids is 3. The van der Waals surface area contributed by atoms with Crippen molar-refractivity contribution in [3.8, 4) is 0 Å². The van der Waals surface area contributed by atoms with Gasteiger partial charge in [-0.25, -0.2) is 0 Å². The van der Waals surface area contributed by atoms with Crippen LogP contribution in [-0.2, 0) is 16.0 Å². The van der Waals surface area contributed by atoms with Crippen molar-refractivity contribution in [3.63, 3.8) is 0 Å². The molecule has 39 heavy (non-hydrogen) atoms. The van der Waals surface area contributed by atoms with Crippen LogP contribution in [0.5, 0.6) is 0 Å². The molecule has 0 aromatic heterocycles. The molecule has 4 rings (SSSR count). The van der Waals surface area contributed by atoms with Gasteiger partial charge in [-0.2, -0.15) is 0 Å². The smallest absolute Gasteiger partial charge is 0.272 e. The molecule has 7 heteroatoms. The molecular weight excluding hydrogens is 510 g/mol. The van der Waals surface area contributed by atoms with Crippen LogP contribution in [0.1, 0.15) is 40.0 Å². The number of amides is 3. The molecule has 1 atom stereocenters. The van der Waals surface area contributed by atoms with Crippen LogP contribution < -0.4 is 16.0 Å². The second kappa shape index (κ2) is 13.2. The van der Waals surface area contributed by atoms with Crippen LogP contribution in [0.25, 0.3) is 6.08 Å². The van der Waals surface area contributed by atoms with E-state index in [4.69, 9.17) is 11.6 Å². The van der Waals surface area contributed by atoms with E-state index in [0.717, 1.165) is 11.1 Å². The molecule has 0 aliphatic carbocycles. The molecular formula is C32H28ClN3O3. The molecule has 0 aliphatic heterocycles. The third kappa shape index (κ3) is 8.15. The van der Waals surface area contributed by atoms with Crippen molar-refractivity contribution in [2.45, 2.75) is 19.4 Å². The van der Waals surface area contributed by atoms with E-state index in [1.165, 1.54) is 0 Å². The minimum absolute atomic E-state index is 0.0736. The molecule has 0 fully saturated rings.